The van der Waals surface area contributed by atoms with E-state index in [1.807, 2.05) is 12.1 Å². The average Bonchev–Trinajstić information content (AvgIpc) is 3.60. The molecule has 2 heterocycles. The van der Waals surface area contributed by atoms with E-state index in [4.69, 9.17) is 25.4 Å². The fourth-order valence-electron chi connectivity index (χ4n) is 4.17. The monoisotopic (exact) mass is 592 g/mol. The number of thiophene rings is 1. The number of rotatable bonds is 18. The smallest absolute Gasteiger partial charge is 0.327 e. The maximum absolute atomic E-state index is 11.8. The van der Waals surface area contributed by atoms with E-state index >= 15 is 0 Å². The van der Waals surface area contributed by atoms with Crippen LogP contribution in [0, 0.1) is 0 Å². The minimum absolute atomic E-state index is 0.00331. The zero-order valence-electron chi connectivity index (χ0n) is 23.8. The van der Waals surface area contributed by atoms with Crippen LogP contribution in [-0.4, -0.2) is 76.1 Å². The van der Waals surface area contributed by atoms with Crippen molar-refractivity contribution in [1.82, 2.24) is 0 Å². The summed E-state index contributed by atoms with van der Waals surface area (Å²) < 4.78 is 16.8. The fraction of sp³-hybridized carbons (Fsp3) is 0.567. The van der Waals surface area contributed by atoms with E-state index in [1.54, 1.807) is 23.5 Å². The number of unbranched alkanes of at least 4 members (excludes halogenated alkanes) is 2. The number of hydrogen-bond acceptors (Lipinski definition) is 11. The lowest BCUT2D eigenvalue weighted by Crippen LogP contribution is -2.52. The third-order valence-corrected chi connectivity index (χ3v) is 8.14. The number of aliphatic hydroxyl groups excluding tert-OH is 4. The normalized spacial score (nSPS) is 16.2. The minimum atomic E-state index is -1.33. The number of ether oxygens (including phenoxy) is 2. The Kier molecular flexibility index (Phi) is 12.6. The van der Waals surface area contributed by atoms with E-state index in [-0.39, 0.29) is 39.0 Å². The molecule has 0 bridgehead atoms. The topological polar surface area (TPSA) is 182 Å². The van der Waals surface area contributed by atoms with Gasteiger partial charge in [-0.2, -0.15) is 0 Å². The number of carbonyl (C=O) groups is 1. The summed E-state index contributed by atoms with van der Waals surface area (Å²) in [5, 5.41) is 42.1. The van der Waals surface area contributed by atoms with Crippen LogP contribution in [0.3, 0.4) is 0 Å². The highest BCUT2D eigenvalue weighted by molar-refractivity contribution is 7.15. The highest BCUT2D eigenvalue weighted by atomic mass is 32.1. The van der Waals surface area contributed by atoms with E-state index in [2.05, 4.69) is 19.1 Å². The number of fused-ring (bicyclic) bond motifs is 1. The molecule has 10 nitrogen and oxygen atoms in total. The Labute approximate surface area is 244 Å². The number of carbonyl (C=O) groups excluding carboxylic acids is 1. The first kappa shape index (κ1) is 33.0. The maximum Gasteiger partial charge on any atom is 0.327 e. The summed E-state index contributed by atoms with van der Waals surface area (Å²) in [4.78, 5) is 14.2. The molecule has 0 aliphatic rings. The largest absolute Gasteiger partial charge is 0.491 e. The van der Waals surface area contributed by atoms with Crippen molar-refractivity contribution in [1.29, 1.82) is 0 Å². The summed E-state index contributed by atoms with van der Waals surface area (Å²) in [5.41, 5.74) is 10.5. The molecule has 0 spiro atoms. The highest BCUT2D eigenvalue weighted by Crippen LogP contribution is 2.34. The van der Waals surface area contributed by atoms with Crippen molar-refractivity contribution in [2.24, 2.45) is 11.5 Å². The second-order valence-corrected chi connectivity index (χ2v) is 11.9. The Bertz CT molecular complexity index is 1230. The van der Waals surface area contributed by atoms with Gasteiger partial charge in [-0.1, -0.05) is 19.8 Å². The molecule has 11 heteroatoms. The standard InChI is InChI=1S/C30H44N2O8S/c1-3-4-5-7-21-11-12-28(41-21)27-14-19-9-10-20(15-26(19)40-27)39-17-25(36)24(35)16-23(34)22(33)8-6-13-38-29(37)30(2,32)18-31/h9-12,14-15,22-25,33-36H,3-8,13,16-18,31-32H2,1-2H3. The summed E-state index contributed by atoms with van der Waals surface area (Å²) in [5.74, 6) is 0.613. The summed E-state index contributed by atoms with van der Waals surface area (Å²) in [6.07, 6.45) is -0.291. The Morgan fingerprint density at radius 3 is 2.51 bits per heavy atom. The van der Waals surface area contributed by atoms with Crippen molar-refractivity contribution in [3.05, 3.63) is 41.3 Å². The van der Waals surface area contributed by atoms with Gasteiger partial charge in [0.15, 0.2) is 0 Å². The molecule has 0 saturated carbocycles. The van der Waals surface area contributed by atoms with Crippen LogP contribution in [0.25, 0.3) is 21.6 Å². The van der Waals surface area contributed by atoms with Crippen molar-refractivity contribution in [2.45, 2.75) is 88.7 Å². The molecule has 228 valence electrons. The molecule has 2 aromatic heterocycles. The third kappa shape index (κ3) is 9.78. The molecular weight excluding hydrogens is 548 g/mol. The van der Waals surface area contributed by atoms with E-state index in [0.717, 1.165) is 22.4 Å². The van der Waals surface area contributed by atoms with Crippen LogP contribution in [0.5, 0.6) is 5.75 Å². The molecule has 0 aliphatic heterocycles. The lowest BCUT2D eigenvalue weighted by Gasteiger charge is -2.24. The summed E-state index contributed by atoms with van der Waals surface area (Å²) in [6, 6.07) is 11.6. The highest BCUT2D eigenvalue weighted by Gasteiger charge is 2.29. The third-order valence-electron chi connectivity index (χ3n) is 6.98. The molecule has 5 unspecified atom stereocenters. The van der Waals surface area contributed by atoms with E-state index < -0.39 is 35.9 Å². The fourth-order valence-corrected chi connectivity index (χ4v) is 5.17. The quantitative estimate of drug-likeness (QED) is 0.0948. The van der Waals surface area contributed by atoms with Gasteiger partial charge in [-0.05, 0) is 62.9 Å². The predicted molar refractivity (Wildman–Crippen MR) is 159 cm³/mol. The van der Waals surface area contributed by atoms with Crippen molar-refractivity contribution < 1.29 is 39.1 Å². The zero-order chi connectivity index (χ0) is 30.0. The second-order valence-electron chi connectivity index (χ2n) is 10.7. The first-order chi connectivity index (χ1) is 19.5. The molecule has 1 aromatic carbocycles. The maximum atomic E-state index is 11.8. The van der Waals surface area contributed by atoms with E-state index in [9.17, 15) is 25.2 Å². The van der Waals surface area contributed by atoms with Gasteiger partial charge in [-0.25, -0.2) is 0 Å². The van der Waals surface area contributed by atoms with Gasteiger partial charge < -0.3 is 45.8 Å². The summed E-state index contributed by atoms with van der Waals surface area (Å²) in [7, 11) is 0. The van der Waals surface area contributed by atoms with Crippen LogP contribution in [0.4, 0.5) is 0 Å². The van der Waals surface area contributed by atoms with E-state index in [0.29, 0.717) is 11.3 Å². The van der Waals surface area contributed by atoms with Crippen molar-refractivity contribution >= 4 is 28.3 Å². The SMILES string of the molecule is CCCCCc1ccc(-c2cc3ccc(OCC(O)C(O)CC(O)C(O)CCCOC(=O)C(C)(N)CN)cc3o2)s1. The van der Waals surface area contributed by atoms with Crippen LogP contribution in [0.2, 0.25) is 0 Å². The molecule has 0 saturated heterocycles. The average molecular weight is 593 g/mol. The lowest BCUT2D eigenvalue weighted by atomic mass is 10.0. The number of furan rings is 1. The summed E-state index contributed by atoms with van der Waals surface area (Å²) >= 11 is 1.74. The number of hydrogen-bond donors (Lipinski definition) is 6. The second kappa shape index (κ2) is 15.6. The predicted octanol–water partition coefficient (Wildman–Crippen LogP) is 3.11. The van der Waals surface area contributed by atoms with Gasteiger partial charge in [0.2, 0.25) is 0 Å². The number of esters is 1. The van der Waals surface area contributed by atoms with Gasteiger partial charge in [0.25, 0.3) is 0 Å². The van der Waals surface area contributed by atoms with Gasteiger partial charge in [0.05, 0.1) is 29.8 Å². The summed E-state index contributed by atoms with van der Waals surface area (Å²) in [6.45, 7) is 3.38. The first-order valence-electron chi connectivity index (χ1n) is 14.2. The molecule has 3 aromatic rings. The molecule has 0 aliphatic carbocycles. The molecule has 3 rings (SSSR count). The van der Waals surface area contributed by atoms with Crippen molar-refractivity contribution in [2.75, 3.05) is 19.8 Å². The van der Waals surface area contributed by atoms with Gasteiger partial charge >= 0.3 is 5.97 Å². The Morgan fingerprint density at radius 1 is 1.02 bits per heavy atom. The molecular formula is C30H44N2O8S. The molecule has 0 fully saturated rings. The number of aryl methyl sites for hydroxylation is 1. The number of nitrogens with two attached hydrogens (primary N) is 2. The van der Waals surface area contributed by atoms with Gasteiger partial charge in [0, 0.05) is 29.3 Å². The number of benzene rings is 1. The molecule has 41 heavy (non-hydrogen) atoms. The van der Waals surface area contributed by atoms with Crippen LogP contribution >= 0.6 is 11.3 Å². The molecule has 0 amide bonds. The van der Waals surface area contributed by atoms with Crippen LogP contribution in [0.1, 0.15) is 57.2 Å². The Balaban J connectivity index is 1.43. The van der Waals surface area contributed by atoms with Crippen LogP contribution < -0.4 is 16.2 Å². The minimum Gasteiger partial charge on any atom is -0.491 e. The molecule has 8 N–H and O–H groups in total. The van der Waals surface area contributed by atoms with Crippen LogP contribution in [0.15, 0.2) is 40.8 Å². The van der Waals surface area contributed by atoms with Gasteiger partial charge in [-0.3, -0.25) is 4.79 Å². The van der Waals surface area contributed by atoms with Gasteiger partial charge in [0.1, 0.15) is 35.3 Å². The molecule has 0 radical (unpaired) electrons. The lowest BCUT2D eigenvalue weighted by molar-refractivity contribution is -0.149. The van der Waals surface area contributed by atoms with Crippen LogP contribution in [-0.2, 0) is 16.0 Å². The molecule has 5 atom stereocenters. The first-order valence-corrected chi connectivity index (χ1v) is 15.0. The Morgan fingerprint density at radius 2 is 1.78 bits per heavy atom. The van der Waals surface area contributed by atoms with Crippen molar-refractivity contribution in [3.63, 3.8) is 0 Å². The Hall–Kier alpha value is -2.51. The van der Waals surface area contributed by atoms with Gasteiger partial charge in [-0.15, -0.1) is 11.3 Å². The van der Waals surface area contributed by atoms with Crippen molar-refractivity contribution in [3.8, 4) is 16.4 Å². The number of aliphatic hydroxyl groups is 4. The zero-order valence-corrected chi connectivity index (χ0v) is 24.6. The van der Waals surface area contributed by atoms with E-state index in [1.165, 1.54) is 31.1 Å².